The van der Waals surface area contributed by atoms with E-state index in [1.165, 1.54) is 5.39 Å². The first-order valence-corrected chi connectivity index (χ1v) is 21.6. The Morgan fingerprint density at radius 2 is 1.02 bits per heavy atom. The summed E-state index contributed by atoms with van der Waals surface area (Å²) >= 11 is 1.76. The van der Waals surface area contributed by atoms with Crippen LogP contribution in [-0.2, 0) is 0 Å². The lowest BCUT2D eigenvalue weighted by molar-refractivity contribution is 0.667. The van der Waals surface area contributed by atoms with Gasteiger partial charge in [0.25, 0.3) is 0 Å². The maximum atomic E-state index is 6.41. The fourth-order valence-electron chi connectivity index (χ4n) is 8.97. The molecule has 0 bridgehead atoms. The molecule has 13 rings (SSSR count). The highest BCUT2D eigenvalue weighted by molar-refractivity contribution is 7.26. The molecule has 8 aromatic carbocycles. The summed E-state index contributed by atoms with van der Waals surface area (Å²) in [6, 6.07) is 66.9. The van der Waals surface area contributed by atoms with E-state index in [4.69, 9.17) is 29.3 Å². The van der Waals surface area contributed by atoms with Gasteiger partial charge in [0.1, 0.15) is 16.8 Å². The van der Waals surface area contributed by atoms with Crippen molar-refractivity contribution in [2.24, 2.45) is 0 Å². The summed E-state index contributed by atoms with van der Waals surface area (Å²) in [5.41, 5.74) is 11.0. The Bertz CT molecular complexity index is 3910. The van der Waals surface area contributed by atoms with Crippen LogP contribution < -0.4 is 0 Å². The lowest BCUT2D eigenvalue weighted by Gasteiger charge is -2.11. The lowest BCUT2D eigenvalue weighted by atomic mass is 10.0. The van der Waals surface area contributed by atoms with Crippen LogP contribution in [0.5, 0.6) is 0 Å². The molecule has 0 aliphatic carbocycles. The van der Waals surface area contributed by atoms with E-state index < -0.39 is 0 Å². The van der Waals surface area contributed by atoms with Crippen LogP contribution in [-0.4, -0.2) is 29.5 Å². The van der Waals surface area contributed by atoms with Gasteiger partial charge >= 0.3 is 0 Å². The Hall–Kier alpha value is -8.33. The van der Waals surface area contributed by atoms with Gasteiger partial charge in [-0.2, -0.15) is 0 Å². The van der Waals surface area contributed by atoms with E-state index in [0.717, 1.165) is 92.3 Å². The number of rotatable bonds is 6. The highest BCUT2D eigenvalue weighted by Gasteiger charge is 2.22. The van der Waals surface area contributed by atoms with Gasteiger partial charge in [0, 0.05) is 69.8 Å². The molecule has 63 heavy (non-hydrogen) atoms. The highest BCUT2D eigenvalue weighted by atomic mass is 32.1. The molecule has 0 saturated carbocycles. The molecule has 0 atom stereocenters. The second-order valence-corrected chi connectivity index (χ2v) is 16.7. The van der Waals surface area contributed by atoms with Crippen LogP contribution in [0, 0.1) is 0 Å². The quantitative estimate of drug-likeness (QED) is 0.166. The summed E-state index contributed by atoms with van der Waals surface area (Å²) in [6.45, 7) is 0. The van der Waals surface area contributed by atoms with Crippen LogP contribution in [0.25, 0.3) is 127 Å². The molecule has 0 aliphatic heterocycles. The van der Waals surface area contributed by atoms with Gasteiger partial charge in [-0.25, -0.2) is 24.9 Å². The number of thiophene rings is 1. The number of aromatic nitrogens is 6. The molecular weight excluding hydrogens is 793 g/mol. The summed E-state index contributed by atoms with van der Waals surface area (Å²) in [5, 5.41) is 5.42. The van der Waals surface area contributed by atoms with Crippen LogP contribution in [0.1, 0.15) is 0 Å². The maximum absolute atomic E-state index is 6.41. The van der Waals surface area contributed by atoms with Gasteiger partial charge in [0.15, 0.2) is 28.9 Å². The van der Waals surface area contributed by atoms with Crippen molar-refractivity contribution in [3.8, 4) is 62.5 Å². The topological polar surface area (TPSA) is 82.5 Å². The summed E-state index contributed by atoms with van der Waals surface area (Å²) in [4.78, 5) is 26.1. The van der Waals surface area contributed by atoms with Crippen LogP contribution >= 0.6 is 11.3 Å². The van der Waals surface area contributed by atoms with E-state index >= 15 is 0 Å². The zero-order chi connectivity index (χ0) is 41.4. The molecule has 0 fully saturated rings. The van der Waals surface area contributed by atoms with Gasteiger partial charge in [0.2, 0.25) is 0 Å². The predicted octanol–water partition coefficient (Wildman–Crippen LogP) is 14.4. The molecule has 5 aromatic heterocycles. The van der Waals surface area contributed by atoms with Crippen molar-refractivity contribution in [2.45, 2.75) is 0 Å². The largest absolute Gasteiger partial charge is 0.452 e. The molecular formula is C55H32N6OS. The van der Waals surface area contributed by atoms with Crippen molar-refractivity contribution in [1.82, 2.24) is 29.5 Å². The Kier molecular flexibility index (Phi) is 7.94. The average molecular weight is 825 g/mol. The van der Waals surface area contributed by atoms with E-state index in [1.54, 1.807) is 11.3 Å². The van der Waals surface area contributed by atoms with E-state index in [1.807, 2.05) is 54.6 Å². The van der Waals surface area contributed by atoms with Crippen LogP contribution in [0.3, 0.4) is 0 Å². The number of para-hydroxylation sites is 3. The van der Waals surface area contributed by atoms with Gasteiger partial charge in [-0.1, -0.05) is 121 Å². The van der Waals surface area contributed by atoms with Gasteiger partial charge in [-0.15, -0.1) is 11.3 Å². The Morgan fingerprint density at radius 3 is 1.83 bits per heavy atom. The number of fused-ring (bicyclic) bond motifs is 9. The molecule has 0 N–H and O–H groups in total. The van der Waals surface area contributed by atoms with Crippen LogP contribution in [0.4, 0.5) is 0 Å². The summed E-state index contributed by atoms with van der Waals surface area (Å²) in [6.07, 6.45) is 0. The second-order valence-electron chi connectivity index (χ2n) is 15.6. The van der Waals surface area contributed by atoms with Crippen molar-refractivity contribution in [3.63, 3.8) is 0 Å². The number of hydrogen-bond acceptors (Lipinski definition) is 7. The van der Waals surface area contributed by atoms with E-state index in [-0.39, 0.29) is 0 Å². The molecule has 5 heterocycles. The zero-order valence-corrected chi connectivity index (χ0v) is 34.3. The van der Waals surface area contributed by atoms with Crippen molar-refractivity contribution >= 4 is 75.4 Å². The number of furan rings is 1. The third-order valence-electron chi connectivity index (χ3n) is 11.9. The van der Waals surface area contributed by atoms with Gasteiger partial charge < -0.3 is 8.98 Å². The molecule has 0 spiro atoms. The third kappa shape index (κ3) is 5.76. The van der Waals surface area contributed by atoms with E-state index in [0.29, 0.717) is 28.9 Å². The van der Waals surface area contributed by atoms with Crippen LogP contribution in [0.15, 0.2) is 199 Å². The minimum absolute atomic E-state index is 0.607. The average Bonchev–Trinajstić information content (AvgIpc) is 4.03. The monoisotopic (exact) mass is 824 g/mol. The Balaban J connectivity index is 1.01. The first kappa shape index (κ1) is 35.4. The summed E-state index contributed by atoms with van der Waals surface area (Å²) in [5.74, 6) is 2.46. The summed E-state index contributed by atoms with van der Waals surface area (Å²) < 4.78 is 11.0. The predicted molar refractivity (Wildman–Crippen MR) is 257 cm³/mol. The molecule has 0 aliphatic rings. The molecule has 13 aromatic rings. The molecule has 7 nitrogen and oxygen atoms in total. The van der Waals surface area contributed by atoms with Crippen molar-refractivity contribution in [2.75, 3.05) is 0 Å². The number of hydrogen-bond donors (Lipinski definition) is 0. The van der Waals surface area contributed by atoms with Crippen molar-refractivity contribution < 1.29 is 4.42 Å². The van der Waals surface area contributed by atoms with E-state index in [2.05, 4.69) is 144 Å². The smallest absolute Gasteiger partial charge is 0.180 e. The van der Waals surface area contributed by atoms with Gasteiger partial charge in [0.05, 0.1) is 11.0 Å². The van der Waals surface area contributed by atoms with Gasteiger partial charge in [-0.05, 0) is 72.8 Å². The standard InChI is InChI=1S/C55H32N6OS/c1-4-15-33(16-5-1)49-51-50(39-22-11-13-25-45(39)62-51)57-53(56-49)36-28-30-46-42(32-36)48-40(23-14-26-47(48)63-46)55-59-52(34-17-6-2-7-18-34)58-54(60-55)35-27-29-44-41(31-35)38-21-10-12-24-43(38)61(44)37-19-8-3-9-20-37/h1-32H. The van der Waals surface area contributed by atoms with Crippen LogP contribution in [0.2, 0.25) is 0 Å². The normalized spacial score (nSPS) is 11.8. The van der Waals surface area contributed by atoms with E-state index in [9.17, 15) is 0 Å². The second kappa shape index (κ2) is 14.1. The SMILES string of the molecule is c1ccc(-c2nc(-c3ccc4c(c3)c3ccccc3n4-c3ccccc3)nc(-c3cccc4sc5ccc(-c6nc(-c7ccccc7)c7oc8ccccc8c7n6)cc5c34)n2)cc1. The first-order valence-electron chi connectivity index (χ1n) is 20.8. The highest BCUT2D eigenvalue weighted by Crippen LogP contribution is 2.43. The Labute approximate surface area is 364 Å². The summed E-state index contributed by atoms with van der Waals surface area (Å²) in [7, 11) is 0. The Morgan fingerprint density at radius 1 is 0.397 bits per heavy atom. The molecule has 0 saturated heterocycles. The minimum atomic E-state index is 0.607. The van der Waals surface area contributed by atoms with Crippen molar-refractivity contribution in [1.29, 1.82) is 0 Å². The fourth-order valence-corrected chi connectivity index (χ4v) is 10.1. The molecule has 0 unspecified atom stereocenters. The van der Waals surface area contributed by atoms with Crippen molar-refractivity contribution in [3.05, 3.63) is 194 Å². The zero-order valence-electron chi connectivity index (χ0n) is 33.5. The maximum Gasteiger partial charge on any atom is 0.180 e. The lowest BCUT2D eigenvalue weighted by Crippen LogP contribution is -2.00. The minimum Gasteiger partial charge on any atom is -0.452 e. The number of benzene rings is 8. The third-order valence-corrected chi connectivity index (χ3v) is 13.0. The molecule has 8 heteroatoms. The molecule has 0 radical (unpaired) electrons. The van der Waals surface area contributed by atoms with Gasteiger partial charge in [-0.3, -0.25) is 0 Å². The first-order chi connectivity index (χ1) is 31.2. The fraction of sp³-hybridized carbons (Fsp3) is 0. The number of nitrogens with zero attached hydrogens (tertiary/aromatic N) is 6. The molecule has 0 amide bonds. The molecule has 294 valence electrons.